The molecule has 0 aliphatic carbocycles. The number of carbonyl (C=O) groups excluding carboxylic acids is 1. The largest absolute Gasteiger partial charge is 0.326 e. The quantitative estimate of drug-likeness (QED) is 0.518. The van der Waals surface area contributed by atoms with Crippen LogP contribution in [0.25, 0.3) is 0 Å². The molecular weight excluding hydrogens is 476 g/mol. The van der Waals surface area contributed by atoms with Crippen molar-refractivity contribution in [2.24, 2.45) is 4.99 Å². The first kappa shape index (κ1) is 23.5. The third-order valence-electron chi connectivity index (χ3n) is 5.17. The van der Waals surface area contributed by atoms with Crippen LogP contribution in [0.4, 0.5) is 11.4 Å². The van der Waals surface area contributed by atoms with Crippen molar-refractivity contribution < 1.29 is 21.6 Å². The molecular formula is C23H22N4O5S2. The fourth-order valence-electron chi connectivity index (χ4n) is 3.41. The van der Waals surface area contributed by atoms with Crippen LogP contribution in [0, 0.1) is 0 Å². The standard InChI is InChI=1S/C23H22N4O5S2/c1-27(18-9-3-2-4-10-18)34(31,32)19-11-7-8-17(16-19)25-22(28)14-15-24-23-20-12-5-6-13-21(20)33(29,30)26-23/h2-13,16H,14-15H2,1H3,(H,24,26)(H,25,28). The van der Waals surface area contributed by atoms with Gasteiger partial charge in [-0.25, -0.2) is 16.8 Å². The van der Waals surface area contributed by atoms with Crippen molar-refractivity contribution in [1.29, 1.82) is 0 Å². The number of amidine groups is 1. The number of carbonyl (C=O) groups is 1. The predicted octanol–water partition coefficient (Wildman–Crippen LogP) is 2.58. The van der Waals surface area contributed by atoms with Gasteiger partial charge < -0.3 is 5.32 Å². The molecule has 0 unspecified atom stereocenters. The zero-order valence-corrected chi connectivity index (χ0v) is 19.8. The van der Waals surface area contributed by atoms with Gasteiger partial charge in [-0.1, -0.05) is 36.4 Å². The highest BCUT2D eigenvalue weighted by molar-refractivity contribution is 7.92. The minimum Gasteiger partial charge on any atom is -0.326 e. The summed E-state index contributed by atoms with van der Waals surface area (Å²) in [4.78, 5) is 16.8. The molecule has 4 rings (SSSR count). The lowest BCUT2D eigenvalue weighted by Gasteiger charge is -2.19. The number of nitrogens with one attached hydrogen (secondary N) is 2. The molecule has 3 aromatic rings. The van der Waals surface area contributed by atoms with Gasteiger partial charge in [0.1, 0.15) is 5.84 Å². The van der Waals surface area contributed by atoms with E-state index in [4.69, 9.17) is 0 Å². The van der Waals surface area contributed by atoms with Gasteiger partial charge in [-0.2, -0.15) is 0 Å². The molecule has 0 spiro atoms. The molecule has 0 radical (unpaired) electrons. The SMILES string of the molecule is CN(c1ccccc1)S(=O)(=O)c1cccc(NC(=O)CCN=C2NS(=O)(=O)c3ccccc32)c1. The van der Waals surface area contributed by atoms with Crippen LogP contribution in [0.1, 0.15) is 12.0 Å². The number of hydrogen-bond donors (Lipinski definition) is 2. The van der Waals surface area contributed by atoms with Crippen LogP contribution in [-0.2, 0) is 24.8 Å². The van der Waals surface area contributed by atoms with Gasteiger partial charge >= 0.3 is 0 Å². The number of hydrogen-bond acceptors (Lipinski definition) is 6. The molecule has 0 fully saturated rings. The van der Waals surface area contributed by atoms with Gasteiger partial charge in [-0.05, 0) is 42.5 Å². The maximum Gasteiger partial charge on any atom is 0.264 e. The normalized spacial score (nSPS) is 15.4. The van der Waals surface area contributed by atoms with Crippen molar-refractivity contribution in [2.45, 2.75) is 16.2 Å². The zero-order valence-electron chi connectivity index (χ0n) is 18.2. The van der Waals surface area contributed by atoms with E-state index >= 15 is 0 Å². The Kier molecular flexibility index (Phi) is 6.40. The molecule has 2 N–H and O–H groups in total. The minimum absolute atomic E-state index is 0.0196. The van der Waals surface area contributed by atoms with Crippen LogP contribution in [0.15, 0.2) is 93.6 Å². The number of aliphatic imine (C=N–C) groups is 1. The van der Waals surface area contributed by atoms with Gasteiger partial charge in [0.05, 0.1) is 22.0 Å². The monoisotopic (exact) mass is 498 g/mol. The number of nitrogens with zero attached hydrogens (tertiary/aromatic N) is 2. The van der Waals surface area contributed by atoms with Gasteiger partial charge in [0.15, 0.2) is 0 Å². The Morgan fingerprint density at radius 2 is 1.71 bits per heavy atom. The Morgan fingerprint density at radius 3 is 2.47 bits per heavy atom. The molecule has 0 aromatic heterocycles. The van der Waals surface area contributed by atoms with E-state index in [9.17, 15) is 21.6 Å². The summed E-state index contributed by atoms with van der Waals surface area (Å²) in [6, 6.07) is 21.1. The van der Waals surface area contributed by atoms with Gasteiger partial charge in [-0.15, -0.1) is 0 Å². The summed E-state index contributed by atoms with van der Waals surface area (Å²) in [6.07, 6.45) is -0.0196. The topological polar surface area (TPSA) is 125 Å². The average Bonchev–Trinajstić information content (AvgIpc) is 3.09. The summed E-state index contributed by atoms with van der Waals surface area (Å²) in [5.41, 5.74) is 1.30. The highest BCUT2D eigenvalue weighted by atomic mass is 32.2. The van der Waals surface area contributed by atoms with Gasteiger partial charge in [-0.3, -0.25) is 18.8 Å². The van der Waals surface area contributed by atoms with E-state index in [1.165, 1.54) is 29.6 Å². The van der Waals surface area contributed by atoms with Crippen LogP contribution in [0.2, 0.25) is 0 Å². The van der Waals surface area contributed by atoms with Crippen molar-refractivity contribution in [1.82, 2.24) is 4.72 Å². The Morgan fingerprint density at radius 1 is 1.00 bits per heavy atom. The summed E-state index contributed by atoms with van der Waals surface area (Å²) < 4.78 is 53.8. The molecule has 1 amide bonds. The summed E-state index contributed by atoms with van der Waals surface area (Å²) in [6.45, 7) is 0.0484. The number of benzene rings is 3. The molecule has 1 aliphatic heterocycles. The Balaban J connectivity index is 1.42. The predicted molar refractivity (Wildman–Crippen MR) is 130 cm³/mol. The molecule has 0 saturated heterocycles. The zero-order chi connectivity index (χ0) is 24.3. The lowest BCUT2D eigenvalue weighted by molar-refractivity contribution is -0.116. The second kappa shape index (κ2) is 9.27. The number of sulfonamides is 2. The van der Waals surface area contributed by atoms with E-state index in [0.717, 1.165) is 0 Å². The number of amides is 1. The highest BCUT2D eigenvalue weighted by Gasteiger charge is 2.30. The van der Waals surface area contributed by atoms with Crippen molar-refractivity contribution >= 4 is 43.2 Å². The maximum atomic E-state index is 13.0. The first-order valence-corrected chi connectivity index (χ1v) is 13.2. The summed E-state index contributed by atoms with van der Waals surface area (Å²) in [5.74, 6) is -0.190. The van der Waals surface area contributed by atoms with E-state index in [0.29, 0.717) is 16.9 Å². The molecule has 0 bridgehead atoms. The third-order valence-corrected chi connectivity index (χ3v) is 8.35. The Bertz CT molecular complexity index is 1470. The van der Waals surface area contributed by atoms with Crippen LogP contribution >= 0.6 is 0 Å². The van der Waals surface area contributed by atoms with E-state index in [1.54, 1.807) is 60.7 Å². The molecule has 3 aromatic carbocycles. The number of anilines is 2. The van der Waals surface area contributed by atoms with E-state index in [1.807, 2.05) is 0 Å². The van der Waals surface area contributed by atoms with E-state index < -0.39 is 20.0 Å². The Labute approximate surface area is 198 Å². The van der Waals surface area contributed by atoms with Crippen LogP contribution in [-0.4, -0.2) is 42.2 Å². The lowest BCUT2D eigenvalue weighted by Crippen LogP contribution is -2.26. The third kappa shape index (κ3) is 4.80. The fourth-order valence-corrected chi connectivity index (χ4v) is 5.91. The molecule has 0 saturated carbocycles. The van der Waals surface area contributed by atoms with E-state index in [-0.39, 0.29) is 34.5 Å². The molecule has 9 nitrogen and oxygen atoms in total. The van der Waals surface area contributed by atoms with Gasteiger partial charge in [0.2, 0.25) is 5.91 Å². The average molecular weight is 499 g/mol. The van der Waals surface area contributed by atoms with Gasteiger partial charge in [0, 0.05) is 24.7 Å². The molecule has 11 heteroatoms. The van der Waals surface area contributed by atoms with Crippen molar-refractivity contribution in [3.05, 3.63) is 84.4 Å². The van der Waals surface area contributed by atoms with Crippen LogP contribution in [0.5, 0.6) is 0 Å². The first-order valence-electron chi connectivity index (χ1n) is 10.3. The lowest BCUT2D eigenvalue weighted by atomic mass is 10.2. The van der Waals surface area contributed by atoms with Crippen molar-refractivity contribution in [3.63, 3.8) is 0 Å². The summed E-state index contributed by atoms with van der Waals surface area (Å²) in [7, 11) is -6.00. The smallest absolute Gasteiger partial charge is 0.264 e. The maximum absolute atomic E-state index is 13.0. The van der Waals surface area contributed by atoms with Crippen LogP contribution in [0.3, 0.4) is 0 Å². The van der Waals surface area contributed by atoms with Crippen LogP contribution < -0.4 is 14.3 Å². The summed E-state index contributed by atoms with van der Waals surface area (Å²) >= 11 is 0. The molecule has 0 atom stereocenters. The van der Waals surface area contributed by atoms with Gasteiger partial charge in [0.25, 0.3) is 20.0 Å². The minimum atomic E-state index is -3.82. The second-order valence-electron chi connectivity index (χ2n) is 7.47. The number of rotatable bonds is 7. The van der Waals surface area contributed by atoms with Crippen molar-refractivity contribution in [3.8, 4) is 0 Å². The highest BCUT2D eigenvalue weighted by Crippen LogP contribution is 2.24. The summed E-state index contributed by atoms with van der Waals surface area (Å²) in [5, 5.41) is 2.66. The second-order valence-corrected chi connectivity index (χ2v) is 11.1. The van der Waals surface area contributed by atoms with Crippen molar-refractivity contribution in [2.75, 3.05) is 23.2 Å². The molecule has 1 heterocycles. The number of fused-ring (bicyclic) bond motifs is 1. The molecule has 1 aliphatic rings. The molecule has 34 heavy (non-hydrogen) atoms. The fraction of sp³-hybridized carbons (Fsp3) is 0.130. The Hall–Kier alpha value is -3.70. The van der Waals surface area contributed by atoms with E-state index in [2.05, 4.69) is 15.0 Å². The number of para-hydroxylation sites is 1. The first-order chi connectivity index (χ1) is 16.2. The molecule has 176 valence electrons.